The standard InChI is InChI=1S/C15H17N3O/c19-15(9-8-12-5-2-1-3-6-12)17-14-11-16-13-7-4-10-18(13)14/h1-3,5-6,11H,4,7-10H2,(H,17,19). The molecule has 1 aromatic carbocycles. The first kappa shape index (κ1) is 12.0. The predicted octanol–water partition coefficient (Wildman–Crippen LogP) is 2.40. The number of aromatic nitrogens is 2. The van der Waals surface area contributed by atoms with Crippen molar-refractivity contribution in [3.63, 3.8) is 0 Å². The SMILES string of the molecule is O=C(CCc1ccccc1)Nc1cnc2n1CCC2. The van der Waals surface area contributed by atoms with Crippen LogP contribution in [0.4, 0.5) is 5.82 Å². The molecule has 1 aliphatic rings. The first-order chi connectivity index (χ1) is 9.33. The topological polar surface area (TPSA) is 46.9 Å². The molecule has 1 N–H and O–H groups in total. The molecule has 0 radical (unpaired) electrons. The Morgan fingerprint density at radius 3 is 3.00 bits per heavy atom. The molecule has 0 fully saturated rings. The van der Waals surface area contributed by atoms with E-state index in [0.29, 0.717) is 6.42 Å². The minimum Gasteiger partial charge on any atom is -0.315 e. The van der Waals surface area contributed by atoms with Crippen molar-refractivity contribution < 1.29 is 4.79 Å². The number of rotatable bonds is 4. The molecule has 1 aliphatic heterocycles. The average molecular weight is 255 g/mol. The number of carbonyl (C=O) groups excluding carboxylic acids is 1. The average Bonchev–Trinajstić information content (AvgIpc) is 3.03. The van der Waals surface area contributed by atoms with E-state index >= 15 is 0 Å². The lowest BCUT2D eigenvalue weighted by atomic mass is 10.1. The van der Waals surface area contributed by atoms with Crippen LogP contribution in [0.3, 0.4) is 0 Å². The molecule has 0 atom stereocenters. The van der Waals surface area contributed by atoms with E-state index in [9.17, 15) is 4.79 Å². The van der Waals surface area contributed by atoms with Crippen LogP contribution < -0.4 is 5.32 Å². The number of anilines is 1. The van der Waals surface area contributed by atoms with Crippen molar-refractivity contribution in [1.82, 2.24) is 9.55 Å². The maximum atomic E-state index is 11.9. The van der Waals surface area contributed by atoms with Gasteiger partial charge in [-0.15, -0.1) is 0 Å². The quantitative estimate of drug-likeness (QED) is 0.912. The number of benzene rings is 1. The molecule has 0 saturated heterocycles. The van der Waals surface area contributed by atoms with Crippen LogP contribution in [0.5, 0.6) is 0 Å². The van der Waals surface area contributed by atoms with Crippen LogP contribution in [0.25, 0.3) is 0 Å². The highest BCUT2D eigenvalue weighted by molar-refractivity contribution is 5.90. The number of imidazole rings is 1. The Balaban J connectivity index is 1.57. The molecular formula is C15H17N3O. The number of carbonyl (C=O) groups is 1. The van der Waals surface area contributed by atoms with Gasteiger partial charge in [0.05, 0.1) is 6.20 Å². The van der Waals surface area contributed by atoms with Crippen molar-refractivity contribution in [2.45, 2.75) is 32.2 Å². The van der Waals surface area contributed by atoms with Crippen LogP contribution in [0.15, 0.2) is 36.5 Å². The summed E-state index contributed by atoms with van der Waals surface area (Å²) in [4.78, 5) is 16.2. The van der Waals surface area contributed by atoms with E-state index in [2.05, 4.69) is 14.9 Å². The molecule has 2 aromatic rings. The fourth-order valence-electron chi connectivity index (χ4n) is 2.47. The van der Waals surface area contributed by atoms with Crippen molar-refractivity contribution in [3.8, 4) is 0 Å². The Hall–Kier alpha value is -2.10. The Kier molecular flexibility index (Phi) is 3.31. The first-order valence-corrected chi connectivity index (χ1v) is 6.71. The lowest BCUT2D eigenvalue weighted by molar-refractivity contribution is -0.116. The maximum Gasteiger partial charge on any atom is 0.225 e. The van der Waals surface area contributed by atoms with Crippen LogP contribution in [0.2, 0.25) is 0 Å². The van der Waals surface area contributed by atoms with E-state index < -0.39 is 0 Å². The Morgan fingerprint density at radius 1 is 1.32 bits per heavy atom. The molecule has 0 aliphatic carbocycles. The molecule has 4 nitrogen and oxygen atoms in total. The van der Waals surface area contributed by atoms with Crippen LogP contribution in [0.1, 0.15) is 24.2 Å². The third-order valence-corrected chi connectivity index (χ3v) is 3.47. The largest absolute Gasteiger partial charge is 0.315 e. The molecule has 0 spiro atoms. The van der Waals surface area contributed by atoms with Gasteiger partial charge >= 0.3 is 0 Å². The highest BCUT2D eigenvalue weighted by Gasteiger charge is 2.16. The first-order valence-electron chi connectivity index (χ1n) is 6.71. The van der Waals surface area contributed by atoms with Gasteiger partial charge in [-0.3, -0.25) is 4.79 Å². The minimum atomic E-state index is 0.0541. The van der Waals surface area contributed by atoms with Gasteiger partial charge in [-0.25, -0.2) is 4.98 Å². The Bertz CT molecular complexity index is 574. The summed E-state index contributed by atoms with van der Waals surface area (Å²) in [5, 5.41) is 2.95. The molecule has 98 valence electrons. The third kappa shape index (κ3) is 2.67. The fourth-order valence-corrected chi connectivity index (χ4v) is 2.47. The molecule has 1 aromatic heterocycles. The van der Waals surface area contributed by atoms with Crippen LogP contribution in [-0.4, -0.2) is 15.5 Å². The lowest BCUT2D eigenvalue weighted by Crippen LogP contribution is -2.15. The summed E-state index contributed by atoms with van der Waals surface area (Å²) in [5.41, 5.74) is 1.19. The van der Waals surface area contributed by atoms with Gasteiger partial charge < -0.3 is 9.88 Å². The van der Waals surface area contributed by atoms with Gasteiger partial charge in [0.25, 0.3) is 0 Å². The maximum absolute atomic E-state index is 11.9. The zero-order valence-corrected chi connectivity index (χ0v) is 10.8. The summed E-state index contributed by atoms with van der Waals surface area (Å²) in [6.45, 7) is 0.962. The highest BCUT2D eigenvalue weighted by atomic mass is 16.1. The van der Waals surface area contributed by atoms with Crippen LogP contribution in [0, 0.1) is 0 Å². The predicted molar refractivity (Wildman–Crippen MR) is 73.9 cm³/mol. The monoisotopic (exact) mass is 255 g/mol. The van der Waals surface area contributed by atoms with Gasteiger partial charge in [0.1, 0.15) is 11.6 Å². The van der Waals surface area contributed by atoms with E-state index in [-0.39, 0.29) is 5.91 Å². The summed E-state index contributed by atoms with van der Waals surface area (Å²) >= 11 is 0. The molecule has 0 saturated carbocycles. The molecule has 1 amide bonds. The van der Waals surface area contributed by atoms with Gasteiger partial charge in [0.2, 0.25) is 5.91 Å². The molecule has 2 heterocycles. The number of nitrogens with zero attached hydrogens (tertiary/aromatic N) is 2. The second-order valence-corrected chi connectivity index (χ2v) is 4.85. The minimum absolute atomic E-state index is 0.0541. The van der Waals surface area contributed by atoms with E-state index in [1.165, 1.54) is 5.56 Å². The summed E-state index contributed by atoms with van der Waals surface area (Å²) in [6.07, 6.45) is 5.17. The second-order valence-electron chi connectivity index (χ2n) is 4.85. The Labute approximate surface area is 112 Å². The van der Waals surface area contributed by atoms with Crippen molar-refractivity contribution >= 4 is 11.7 Å². The number of aryl methyl sites for hydroxylation is 2. The zero-order valence-electron chi connectivity index (χ0n) is 10.8. The van der Waals surface area contributed by atoms with E-state index in [0.717, 1.165) is 37.4 Å². The smallest absolute Gasteiger partial charge is 0.225 e. The summed E-state index contributed by atoms with van der Waals surface area (Å²) in [7, 11) is 0. The highest BCUT2D eigenvalue weighted by Crippen LogP contribution is 2.19. The lowest BCUT2D eigenvalue weighted by Gasteiger charge is -2.07. The van der Waals surface area contributed by atoms with E-state index in [1.807, 2.05) is 30.3 Å². The van der Waals surface area contributed by atoms with Crippen molar-refractivity contribution in [2.24, 2.45) is 0 Å². The van der Waals surface area contributed by atoms with Gasteiger partial charge in [0.15, 0.2) is 0 Å². The normalized spacial score (nSPS) is 13.3. The van der Waals surface area contributed by atoms with Gasteiger partial charge in [-0.05, 0) is 18.4 Å². The summed E-state index contributed by atoms with van der Waals surface area (Å²) in [6, 6.07) is 10.1. The number of fused-ring (bicyclic) bond motifs is 1. The summed E-state index contributed by atoms with van der Waals surface area (Å²) < 4.78 is 2.10. The van der Waals surface area contributed by atoms with E-state index in [1.54, 1.807) is 6.20 Å². The number of hydrogen-bond donors (Lipinski definition) is 1. The van der Waals surface area contributed by atoms with Crippen LogP contribution in [-0.2, 0) is 24.2 Å². The van der Waals surface area contributed by atoms with Gasteiger partial charge in [0, 0.05) is 19.4 Å². The fraction of sp³-hybridized carbons (Fsp3) is 0.333. The zero-order chi connectivity index (χ0) is 13.1. The molecule has 19 heavy (non-hydrogen) atoms. The van der Waals surface area contributed by atoms with Crippen LogP contribution >= 0.6 is 0 Å². The number of amides is 1. The van der Waals surface area contributed by atoms with E-state index in [4.69, 9.17) is 0 Å². The van der Waals surface area contributed by atoms with Crippen molar-refractivity contribution in [1.29, 1.82) is 0 Å². The summed E-state index contributed by atoms with van der Waals surface area (Å²) in [5.74, 6) is 1.97. The number of nitrogens with one attached hydrogen (secondary N) is 1. The number of hydrogen-bond acceptors (Lipinski definition) is 2. The molecule has 4 heteroatoms. The third-order valence-electron chi connectivity index (χ3n) is 3.47. The molecule has 0 bridgehead atoms. The Morgan fingerprint density at radius 2 is 2.16 bits per heavy atom. The van der Waals surface area contributed by atoms with Crippen molar-refractivity contribution in [2.75, 3.05) is 5.32 Å². The van der Waals surface area contributed by atoms with Gasteiger partial charge in [-0.2, -0.15) is 0 Å². The van der Waals surface area contributed by atoms with Gasteiger partial charge in [-0.1, -0.05) is 30.3 Å². The molecule has 3 rings (SSSR count). The second kappa shape index (κ2) is 5.26. The molecular weight excluding hydrogens is 238 g/mol. The molecule has 0 unspecified atom stereocenters. The van der Waals surface area contributed by atoms with Crippen molar-refractivity contribution in [3.05, 3.63) is 47.9 Å².